The maximum atomic E-state index is 13.3. The van der Waals surface area contributed by atoms with E-state index >= 15 is 0 Å². The average Bonchev–Trinajstić information content (AvgIpc) is 2.85. The molecule has 0 unspecified atom stereocenters. The highest BCUT2D eigenvalue weighted by atomic mass is 32.2. The van der Waals surface area contributed by atoms with Crippen molar-refractivity contribution >= 4 is 34.6 Å². The van der Waals surface area contributed by atoms with E-state index in [-0.39, 0.29) is 30.2 Å². The molecule has 34 heavy (non-hydrogen) atoms. The van der Waals surface area contributed by atoms with E-state index < -0.39 is 11.9 Å². The summed E-state index contributed by atoms with van der Waals surface area (Å²) >= 11 is 1.05. The van der Waals surface area contributed by atoms with Gasteiger partial charge in [0.1, 0.15) is 5.82 Å². The largest absolute Gasteiger partial charge is 0.334 e. The summed E-state index contributed by atoms with van der Waals surface area (Å²) in [6.45, 7) is 0.453. The lowest BCUT2D eigenvalue weighted by Crippen LogP contribution is -2.40. The molecule has 0 spiro atoms. The highest BCUT2D eigenvalue weighted by Gasteiger charge is 2.15. The molecule has 0 saturated heterocycles. The number of halogens is 1. The minimum atomic E-state index is -0.607. The van der Waals surface area contributed by atoms with Gasteiger partial charge in [-0.25, -0.2) is 14.2 Å². The second kappa shape index (κ2) is 10.8. The van der Waals surface area contributed by atoms with Gasteiger partial charge in [-0.2, -0.15) is 0 Å². The van der Waals surface area contributed by atoms with Crippen molar-refractivity contribution in [2.24, 2.45) is 0 Å². The van der Waals surface area contributed by atoms with Gasteiger partial charge < -0.3 is 5.32 Å². The smallest absolute Gasteiger partial charge is 0.321 e. The predicted octanol–water partition coefficient (Wildman–Crippen LogP) is 3.70. The average molecular weight is 477 g/mol. The van der Waals surface area contributed by atoms with Crippen molar-refractivity contribution in [1.82, 2.24) is 20.2 Å². The van der Waals surface area contributed by atoms with Gasteiger partial charge in [0.25, 0.3) is 5.56 Å². The molecule has 0 bridgehead atoms. The van der Waals surface area contributed by atoms with Crippen LogP contribution in [0.4, 0.5) is 9.18 Å². The number of hydrogen-bond donors (Lipinski definition) is 2. The normalized spacial score (nSPS) is 10.7. The fraction of sp³-hybridized carbons (Fsp3) is 0.120. The quantitative estimate of drug-likeness (QED) is 0.313. The van der Waals surface area contributed by atoms with Gasteiger partial charge in [0.2, 0.25) is 5.91 Å². The third-order valence-electron chi connectivity index (χ3n) is 4.96. The molecule has 0 aliphatic carbocycles. The summed E-state index contributed by atoms with van der Waals surface area (Å²) < 4.78 is 14.7. The van der Waals surface area contributed by atoms with Crippen molar-refractivity contribution in [2.45, 2.75) is 18.2 Å². The van der Waals surface area contributed by atoms with E-state index in [1.165, 1.54) is 16.7 Å². The Kier molecular flexibility index (Phi) is 7.34. The summed E-state index contributed by atoms with van der Waals surface area (Å²) in [5, 5.41) is 5.68. The van der Waals surface area contributed by atoms with Gasteiger partial charge in [0.05, 0.1) is 23.2 Å². The van der Waals surface area contributed by atoms with Crippen molar-refractivity contribution in [3.8, 4) is 0 Å². The van der Waals surface area contributed by atoms with Crippen molar-refractivity contribution in [1.29, 1.82) is 0 Å². The number of benzene rings is 3. The summed E-state index contributed by atoms with van der Waals surface area (Å²) in [4.78, 5) is 42.1. The van der Waals surface area contributed by atoms with Crippen LogP contribution in [0.5, 0.6) is 0 Å². The van der Waals surface area contributed by atoms with Crippen LogP contribution >= 0.6 is 11.8 Å². The third-order valence-corrected chi connectivity index (χ3v) is 5.94. The van der Waals surface area contributed by atoms with Crippen molar-refractivity contribution in [2.75, 3.05) is 5.75 Å². The summed E-state index contributed by atoms with van der Waals surface area (Å²) in [5.41, 5.74) is 1.86. The molecule has 1 heterocycles. The molecule has 4 rings (SSSR count). The molecular weight excluding hydrogens is 455 g/mol. The number of para-hydroxylation sites is 1. The van der Waals surface area contributed by atoms with Gasteiger partial charge in [-0.05, 0) is 35.4 Å². The maximum absolute atomic E-state index is 13.3. The van der Waals surface area contributed by atoms with Gasteiger partial charge in [0, 0.05) is 6.54 Å². The second-order valence-electron chi connectivity index (χ2n) is 7.43. The first-order chi connectivity index (χ1) is 16.5. The Morgan fingerprint density at radius 1 is 0.912 bits per heavy atom. The Morgan fingerprint density at radius 3 is 2.38 bits per heavy atom. The topological polar surface area (TPSA) is 93.1 Å². The van der Waals surface area contributed by atoms with E-state index in [0.717, 1.165) is 17.3 Å². The predicted molar refractivity (Wildman–Crippen MR) is 129 cm³/mol. The number of thioether (sulfide) groups is 1. The molecule has 3 aromatic carbocycles. The molecule has 1 aromatic heterocycles. The molecule has 4 aromatic rings. The van der Waals surface area contributed by atoms with Crippen molar-refractivity contribution in [3.63, 3.8) is 0 Å². The van der Waals surface area contributed by atoms with E-state index in [2.05, 4.69) is 15.6 Å². The molecule has 3 amide bonds. The Labute approximate surface area is 199 Å². The number of amides is 3. The van der Waals surface area contributed by atoms with Crippen LogP contribution in [-0.2, 0) is 17.9 Å². The number of nitrogens with zero attached hydrogens (tertiary/aromatic N) is 2. The van der Waals surface area contributed by atoms with E-state index in [9.17, 15) is 18.8 Å². The molecule has 0 aliphatic heterocycles. The lowest BCUT2D eigenvalue weighted by molar-refractivity contribution is -0.117. The Hall–Kier alpha value is -3.98. The molecule has 0 aliphatic rings. The second-order valence-corrected chi connectivity index (χ2v) is 8.38. The highest BCUT2D eigenvalue weighted by molar-refractivity contribution is 7.99. The number of hydrogen-bond acceptors (Lipinski definition) is 5. The van der Waals surface area contributed by atoms with Crippen LogP contribution in [0.3, 0.4) is 0 Å². The standard InChI is InChI=1S/C25H21FN4O3S/c26-19-12-10-18(11-13-19)15-30-23(32)20-8-4-5-9-21(20)28-25(30)34-16-22(31)29-24(33)27-14-17-6-2-1-3-7-17/h1-13H,14-16H2,(H2,27,29,31,33). The van der Waals surface area contributed by atoms with Gasteiger partial charge in [0.15, 0.2) is 5.16 Å². The zero-order chi connectivity index (χ0) is 23.9. The van der Waals surface area contributed by atoms with E-state index in [1.807, 2.05) is 30.3 Å². The van der Waals surface area contributed by atoms with Crippen LogP contribution in [0, 0.1) is 5.82 Å². The Bertz CT molecular complexity index is 1370. The molecule has 0 saturated carbocycles. The van der Waals surface area contributed by atoms with Gasteiger partial charge >= 0.3 is 6.03 Å². The molecule has 0 radical (unpaired) electrons. The Morgan fingerprint density at radius 2 is 1.62 bits per heavy atom. The number of carbonyl (C=O) groups excluding carboxylic acids is 2. The first-order valence-electron chi connectivity index (χ1n) is 10.5. The maximum Gasteiger partial charge on any atom is 0.321 e. The minimum absolute atomic E-state index is 0.118. The molecule has 2 N–H and O–H groups in total. The number of urea groups is 1. The molecule has 0 fully saturated rings. The van der Waals surface area contributed by atoms with Crippen LogP contribution in [0.2, 0.25) is 0 Å². The van der Waals surface area contributed by atoms with Crippen LogP contribution in [0.25, 0.3) is 10.9 Å². The summed E-state index contributed by atoms with van der Waals surface area (Å²) in [5.74, 6) is -1.01. The monoisotopic (exact) mass is 476 g/mol. The van der Waals surface area contributed by atoms with E-state index in [0.29, 0.717) is 21.6 Å². The lowest BCUT2D eigenvalue weighted by atomic mass is 10.2. The highest BCUT2D eigenvalue weighted by Crippen LogP contribution is 2.19. The molecule has 172 valence electrons. The molecule has 7 nitrogen and oxygen atoms in total. The zero-order valence-corrected chi connectivity index (χ0v) is 18.8. The number of carbonyl (C=O) groups is 2. The van der Waals surface area contributed by atoms with Crippen LogP contribution in [-0.4, -0.2) is 27.2 Å². The number of fused-ring (bicyclic) bond motifs is 1. The zero-order valence-electron chi connectivity index (χ0n) is 18.0. The van der Waals surface area contributed by atoms with Gasteiger partial charge in [-0.1, -0.05) is 66.4 Å². The first kappa shape index (κ1) is 23.2. The third kappa shape index (κ3) is 5.87. The van der Waals surface area contributed by atoms with Gasteiger partial charge in [-0.3, -0.25) is 19.5 Å². The summed E-state index contributed by atoms with van der Waals surface area (Å²) in [6, 6.07) is 21.5. The van der Waals surface area contributed by atoms with E-state index in [1.54, 1.807) is 36.4 Å². The number of rotatable bonds is 7. The number of imide groups is 1. The molecule has 9 heteroatoms. The lowest BCUT2D eigenvalue weighted by Gasteiger charge is -2.13. The number of nitrogens with one attached hydrogen (secondary N) is 2. The summed E-state index contributed by atoms with van der Waals surface area (Å²) in [7, 11) is 0. The first-order valence-corrected chi connectivity index (χ1v) is 11.5. The van der Waals surface area contributed by atoms with Crippen LogP contribution in [0.1, 0.15) is 11.1 Å². The van der Waals surface area contributed by atoms with Gasteiger partial charge in [-0.15, -0.1) is 0 Å². The van der Waals surface area contributed by atoms with Crippen LogP contribution < -0.4 is 16.2 Å². The molecular formula is C25H21FN4O3S. The number of aromatic nitrogens is 2. The fourth-order valence-electron chi connectivity index (χ4n) is 3.28. The van der Waals surface area contributed by atoms with Crippen molar-refractivity contribution in [3.05, 3.63) is 106 Å². The van der Waals surface area contributed by atoms with Crippen molar-refractivity contribution < 1.29 is 14.0 Å². The SMILES string of the molecule is O=C(CSc1nc2ccccc2c(=O)n1Cc1ccc(F)cc1)NC(=O)NCc1ccccc1. The summed E-state index contributed by atoms with van der Waals surface area (Å²) in [6.07, 6.45) is 0. The minimum Gasteiger partial charge on any atom is -0.334 e. The van der Waals surface area contributed by atoms with Crippen LogP contribution in [0.15, 0.2) is 88.8 Å². The molecule has 0 atom stereocenters. The van der Waals surface area contributed by atoms with E-state index in [4.69, 9.17) is 0 Å². The fourth-order valence-corrected chi connectivity index (χ4v) is 4.08. The Balaban J connectivity index is 1.46.